The highest BCUT2D eigenvalue weighted by Crippen LogP contribution is 2.56. The number of nitrogens with zero attached hydrogens (tertiary/aromatic N) is 5. The van der Waals surface area contributed by atoms with E-state index in [0.717, 1.165) is 133 Å². The van der Waals surface area contributed by atoms with Crippen molar-refractivity contribution in [2.75, 3.05) is 0 Å². The number of benzene rings is 18. The predicted octanol–water partition coefficient (Wildman–Crippen LogP) is 30.1. The van der Waals surface area contributed by atoms with Crippen LogP contribution in [0.3, 0.4) is 0 Å². The summed E-state index contributed by atoms with van der Waals surface area (Å²) in [5.41, 5.74) is 49.1. The van der Waals surface area contributed by atoms with Crippen LogP contribution in [0, 0.1) is 0 Å². The molecule has 20 aromatic rings. The van der Waals surface area contributed by atoms with Crippen molar-refractivity contribution in [1.82, 2.24) is 19.2 Å². The number of para-hydroxylation sites is 1. The van der Waals surface area contributed by atoms with Crippen LogP contribution in [-0.4, -0.2) is 32.2 Å². The molecular weight excluding hydrogens is 1540 g/mol. The Morgan fingerprint density at radius 1 is 0.252 bits per heavy atom. The summed E-state index contributed by atoms with van der Waals surface area (Å²) < 4.78 is 8.00. The van der Waals surface area contributed by atoms with Crippen molar-refractivity contribution in [1.29, 1.82) is 0 Å². The first-order valence-electron chi connectivity index (χ1n) is 44.7. The van der Waals surface area contributed by atoms with Crippen LogP contribution in [0.15, 0.2) is 369 Å². The van der Waals surface area contributed by atoms with Crippen LogP contribution in [0.5, 0.6) is 0 Å². The Morgan fingerprint density at radius 3 is 1.09 bits per heavy atom. The van der Waals surface area contributed by atoms with Crippen molar-refractivity contribution in [3.8, 4) is 139 Å². The zero-order valence-corrected chi connectivity index (χ0v) is 72.0. The standard InChI is InChI=1S/C122H86N5/c1-119(2)103-32-16-12-28-89(103)93-50-40-78(64-107(93)119)72-36-46-85-87-48-38-74(80-42-52-95-91-30-14-18-34-105(91)121(5,6)109(95)66-80)62-101(87)117-115(99(85)60-72)123-68-111(125-117)82-24-20-22-70(56-82)76-44-54-113-97(58-76)98-59-77(45-55-114(98)127(113)84-26-10-9-11-27-84)71-23-21-25-83(57-71)112-69-124-116-100-61-73(79-41-51-94-90-29-13-17-33-104(90)120(3,4)108(94)65-79)37-47-86(100)88-49-39-75(63-102(88)118(116)126-112)81-43-53-96-92-31-15-19-35-106(92)122(7,8)110(96)67-81/h9-69,117H,1-8H3/q+1. The first-order valence-corrected chi connectivity index (χ1v) is 44.7. The fraction of sp³-hybridized carbons (Fsp3) is 0.107. The monoisotopic (exact) mass is 1620 g/mol. The summed E-state index contributed by atoms with van der Waals surface area (Å²) in [6.07, 6.45) is 4.02. The van der Waals surface area contributed by atoms with Crippen LogP contribution in [0.2, 0.25) is 0 Å². The molecule has 5 nitrogen and oxygen atoms in total. The smallest absolute Gasteiger partial charge is 0.309 e. The van der Waals surface area contributed by atoms with Gasteiger partial charge in [0.2, 0.25) is 0 Å². The Balaban J connectivity index is 0.576. The highest BCUT2D eigenvalue weighted by molar-refractivity contribution is 6.40. The van der Waals surface area contributed by atoms with E-state index in [1.54, 1.807) is 0 Å². The normalized spacial score (nSPS) is 15.5. The molecule has 0 amide bonds. The lowest BCUT2D eigenvalue weighted by molar-refractivity contribution is 0.660. The van der Waals surface area contributed by atoms with E-state index in [9.17, 15) is 0 Å². The van der Waals surface area contributed by atoms with Crippen molar-refractivity contribution in [3.63, 3.8) is 0 Å². The molecule has 5 aliphatic carbocycles. The van der Waals surface area contributed by atoms with Crippen LogP contribution >= 0.6 is 0 Å². The highest BCUT2D eigenvalue weighted by atomic mass is 15.0. The van der Waals surface area contributed by atoms with E-state index in [4.69, 9.17) is 19.6 Å². The fourth-order valence-electron chi connectivity index (χ4n) is 23.1. The molecule has 18 aromatic carbocycles. The molecule has 0 fully saturated rings. The van der Waals surface area contributed by atoms with Crippen molar-refractivity contribution < 1.29 is 0 Å². The molecule has 0 N–H and O–H groups in total. The van der Waals surface area contributed by atoms with E-state index in [2.05, 4.69) is 418 Å². The van der Waals surface area contributed by atoms with Crippen molar-refractivity contribution in [2.24, 2.45) is 4.99 Å². The molecule has 127 heavy (non-hydrogen) atoms. The van der Waals surface area contributed by atoms with Gasteiger partial charge in [0.05, 0.1) is 39.5 Å². The maximum absolute atomic E-state index is 5.89. The lowest BCUT2D eigenvalue weighted by atomic mass is 9.78. The summed E-state index contributed by atoms with van der Waals surface area (Å²) in [6.45, 7) is 18.9. The SMILES string of the molecule is CC1(C)c2ccccc2-c2ccc(-c3ccc4c(c3)C3=[N+]=CC(c5cccc(-c6ccc7c(c6)c6cc(-c8cccc(-c9cnc%10c%11cc(-c%12ccc%13c(c%12)C(C)(C)c%12ccccc%12-%13)ccc%11c%11ccc(-c%12ccc%13c(c%12)C(C)(C)c%12ccccc%12-%13)cc%11c%10n9)c8)ccc6n7-c6ccccc6)c5)=NC3c3cc(-c5ccc6c(c5)C(C)(C)c5ccccc5-6)ccc3-4)cc21. The number of fused-ring (bicyclic) bond motifs is 27. The third-order valence-corrected chi connectivity index (χ3v) is 29.8. The van der Waals surface area contributed by atoms with Gasteiger partial charge in [-0.15, -0.1) is 0 Å². The number of hydrogen-bond acceptors (Lipinski definition) is 3. The average Bonchev–Trinajstić information content (AvgIpc) is 1.69. The average molecular weight is 1620 g/mol. The van der Waals surface area contributed by atoms with E-state index in [1.807, 2.05) is 12.4 Å². The minimum atomic E-state index is -0.367. The Bertz CT molecular complexity index is 8440. The first-order chi connectivity index (χ1) is 61.9. The molecule has 0 bridgehead atoms. The largest absolute Gasteiger partial charge is 0.340 e. The van der Waals surface area contributed by atoms with Gasteiger partial charge in [-0.1, -0.05) is 321 Å². The van der Waals surface area contributed by atoms with Crippen LogP contribution in [0.25, 0.3) is 194 Å². The van der Waals surface area contributed by atoms with Gasteiger partial charge in [-0.25, -0.2) is 4.98 Å². The molecule has 0 radical (unpaired) electrons. The van der Waals surface area contributed by atoms with Gasteiger partial charge in [0.25, 0.3) is 0 Å². The number of hydrogen-bond donors (Lipinski definition) is 0. The molecular formula is C122H86N5+. The van der Waals surface area contributed by atoms with Gasteiger partial charge in [-0.05, 0) is 280 Å². The van der Waals surface area contributed by atoms with Gasteiger partial charge in [-0.3, -0.25) is 9.98 Å². The topological polar surface area (TPSA) is 57.2 Å². The zero-order valence-electron chi connectivity index (χ0n) is 72.0. The van der Waals surface area contributed by atoms with Crippen LogP contribution in [0.4, 0.5) is 0 Å². The summed E-state index contributed by atoms with van der Waals surface area (Å²) in [6, 6.07) is 134. The number of rotatable bonds is 9. The third kappa shape index (κ3) is 10.8. The molecule has 0 saturated heterocycles. The van der Waals surface area contributed by atoms with E-state index in [-0.39, 0.29) is 27.7 Å². The minimum Gasteiger partial charge on any atom is -0.309 e. The summed E-state index contributed by atoms with van der Waals surface area (Å²) in [5, 5.41) is 6.78. The molecule has 0 spiro atoms. The van der Waals surface area contributed by atoms with Crippen LogP contribution in [0.1, 0.15) is 123 Å². The Hall–Kier alpha value is -15.3. The van der Waals surface area contributed by atoms with Crippen molar-refractivity contribution in [2.45, 2.75) is 83.1 Å². The maximum Gasteiger partial charge on any atom is 0.340 e. The summed E-state index contributed by atoms with van der Waals surface area (Å²) in [4.78, 5) is 17.3. The van der Waals surface area contributed by atoms with Gasteiger partial charge in [0.15, 0.2) is 6.04 Å². The summed E-state index contributed by atoms with van der Waals surface area (Å²) in [7, 11) is 0. The lowest BCUT2D eigenvalue weighted by Crippen LogP contribution is -2.27. The summed E-state index contributed by atoms with van der Waals surface area (Å²) in [5.74, 6) is 0. The van der Waals surface area contributed by atoms with Crippen LogP contribution < -0.4 is 4.67 Å². The second kappa shape index (κ2) is 26.6. The van der Waals surface area contributed by atoms with E-state index < -0.39 is 0 Å². The zero-order chi connectivity index (χ0) is 84.8. The molecule has 26 rings (SSSR count). The molecule has 598 valence electrons. The van der Waals surface area contributed by atoms with Crippen molar-refractivity contribution >= 4 is 72.0 Å². The Kier molecular flexibility index (Phi) is 15.4. The highest BCUT2D eigenvalue weighted by Gasteiger charge is 2.43. The molecule has 3 heterocycles. The molecule has 1 atom stereocenters. The molecule has 1 aliphatic heterocycles. The minimum absolute atomic E-state index is 0.125. The van der Waals surface area contributed by atoms with E-state index >= 15 is 0 Å². The third-order valence-electron chi connectivity index (χ3n) is 29.8. The molecule has 6 aliphatic rings. The van der Waals surface area contributed by atoms with E-state index in [0.29, 0.717) is 0 Å². The first kappa shape index (κ1) is 73.3. The molecule has 2 aromatic heterocycles. The van der Waals surface area contributed by atoms with Gasteiger partial charge >= 0.3 is 11.9 Å². The Labute approximate surface area is 738 Å². The fourth-order valence-corrected chi connectivity index (χ4v) is 23.1. The summed E-state index contributed by atoms with van der Waals surface area (Å²) >= 11 is 0. The maximum atomic E-state index is 5.89. The second-order valence-electron chi connectivity index (χ2n) is 38.1. The molecule has 0 saturated carbocycles. The lowest BCUT2D eigenvalue weighted by Gasteiger charge is -2.25. The second-order valence-corrected chi connectivity index (χ2v) is 38.1. The number of aromatic nitrogens is 3. The van der Waals surface area contributed by atoms with Gasteiger partial charge < -0.3 is 4.57 Å². The molecule has 1 unspecified atom stereocenters. The molecule has 5 heteroatoms. The Morgan fingerprint density at radius 2 is 0.606 bits per heavy atom. The van der Waals surface area contributed by atoms with Gasteiger partial charge in [0, 0.05) is 60.0 Å². The van der Waals surface area contributed by atoms with Gasteiger partial charge in [-0.2, -0.15) is 0 Å². The van der Waals surface area contributed by atoms with Crippen molar-refractivity contribution in [3.05, 3.63) is 425 Å². The van der Waals surface area contributed by atoms with Gasteiger partial charge in [0.1, 0.15) is 5.71 Å². The van der Waals surface area contributed by atoms with Crippen LogP contribution in [-0.2, 0) is 21.7 Å². The van der Waals surface area contributed by atoms with E-state index in [1.165, 1.54) is 134 Å². The quantitative estimate of drug-likeness (QED) is 0.107. The number of aliphatic imine (C=N–C) groups is 1. The predicted molar refractivity (Wildman–Crippen MR) is 531 cm³/mol.